The number of aryl methyl sites for hydroxylation is 1. The molecule has 7 heteroatoms. The third-order valence-electron chi connectivity index (χ3n) is 10.4. The van der Waals surface area contributed by atoms with Crippen molar-refractivity contribution in [1.29, 1.82) is 0 Å². The molecule has 41 heavy (non-hydrogen) atoms. The molecule has 0 saturated carbocycles. The fourth-order valence-electron chi connectivity index (χ4n) is 5.89. The normalized spacial score (nSPS) is 21.6. The molecule has 5 rings (SSSR count). The van der Waals surface area contributed by atoms with Gasteiger partial charge in [-0.25, -0.2) is 0 Å². The van der Waals surface area contributed by atoms with E-state index in [0.717, 1.165) is 17.5 Å². The highest BCUT2D eigenvalue weighted by atomic mass is 16.6. The van der Waals surface area contributed by atoms with E-state index in [2.05, 4.69) is 103 Å². The van der Waals surface area contributed by atoms with E-state index in [-0.39, 0.29) is 36.3 Å². The van der Waals surface area contributed by atoms with Gasteiger partial charge in [0, 0.05) is 52.4 Å². The number of unbranched alkanes of at least 4 members (excludes halogenated alkanes) is 5. The van der Waals surface area contributed by atoms with Gasteiger partial charge in [-0.15, -0.1) is 0 Å². The molecule has 3 aromatic rings. The highest BCUT2D eigenvalue weighted by Gasteiger charge is 2.48. The number of benzene rings is 2. The molecule has 0 radical (unpaired) electrons. The molecule has 5 nitrogen and oxygen atoms in total. The minimum absolute atomic E-state index is 0.0575. The van der Waals surface area contributed by atoms with Crippen LogP contribution in [0.25, 0.3) is 21.8 Å². The zero-order valence-corrected chi connectivity index (χ0v) is 27.1. The Hall–Kier alpha value is -1.79. The summed E-state index contributed by atoms with van der Waals surface area (Å²) in [5.41, 5.74) is 3.96. The average molecular weight is 559 g/mol. The molecule has 0 bridgehead atoms. The van der Waals surface area contributed by atoms with Gasteiger partial charge in [-0.3, -0.25) is 0 Å². The molecule has 0 amide bonds. The fraction of sp³-hybridized carbons (Fsp3) is 0.647. The second-order valence-corrected chi connectivity index (χ2v) is 14.8. The number of rotatable bonds is 9. The van der Waals surface area contributed by atoms with Gasteiger partial charge in [0.2, 0.25) is 0 Å². The average Bonchev–Trinajstić information content (AvgIpc) is 3.21. The molecule has 0 unspecified atom stereocenters. The number of hydrogen-bond acceptors (Lipinski definition) is 4. The molecule has 0 aliphatic carbocycles. The zero-order valence-electron chi connectivity index (χ0n) is 27.1. The predicted molar refractivity (Wildman–Crippen MR) is 173 cm³/mol. The van der Waals surface area contributed by atoms with Gasteiger partial charge in [0.15, 0.2) is 0 Å². The topological polar surface area (TPSA) is 41.9 Å². The summed E-state index contributed by atoms with van der Waals surface area (Å²) in [6.07, 6.45) is 7.70. The Balaban J connectivity index is 1.51. The van der Waals surface area contributed by atoms with Crippen molar-refractivity contribution in [2.75, 3.05) is 13.2 Å². The van der Waals surface area contributed by atoms with Gasteiger partial charge < -0.3 is 23.2 Å². The first kappa shape index (κ1) is 30.7. The van der Waals surface area contributed by atoms with Gasteiger partial charge in [0.25, 0.3) is 0 Å². The molecule has 1 aromatic heterocycles. The lowest BCUT2D eigenvalue weighted by Gasteiger charge is -2.47. The van der Waals surface area contributed by atoms with E-state index in [1.165, 1.54) is 60.3 Å². The quantitative estimate of drug-likeness (QED) is 0.205. The van der Waals surface area contributed by atoms with Gasteiger partial charge in [0.1, 0.15) is 0 Å². The van der Waals surface area contributed by atoms with Crippen LogP contribution in [-0.2, 0) is 25.2 Å². The summed E-state index contributed by atoms with van der Waals surface area (Å²) in [5.74, 6) is 0. The zero-order chi connectivity index (χ0) is 29.6. The maximum Gasteiger partial charge on any atom is 0.494 e. The van der Waals surface area contributed by atoms with Crippen LogP contribution in [0.3, 0.4) is 0 Å². The number of aromatic nitrogens is 1. The molecule has 3 heterocycles. The highest BCUT2D eigenvalue weighted by Crippen LogP contribution is 2.40. The minimum atomic E-state index is -0.379. The highest BCUT2D eigenvalue weighted by molar-refractivity contribution is 6.62. The van der Waals surface area contributed by atoms with Crippen molar-refractivity contribution in [3.63, 3.8) is 0 Å². The van der Waals surface area contributed by atoms with Gasteiger partial charge in [0.05, 0.1) is 11.2 Å². The molecule has 2 aliphatic rings. The SMILES string of the molecule is CCCCCCCCn1c2ccc(B3OCC(C)(C)C(C)(C)O3)cc2c2cc(B3OCC(C)(C)C(C)(C)O3)ccc21. The Kier molecular flexibility index (Phi) is 8.50. The minimum Gasteiger partial charge on any atom is -0.407 e. The van der Waals surface area contributed by atoms with Crippen LogP contribution >= 0.6 is 0 Å². The smallest absolute Gasteiger partial charge is 0.407 e. The first-order valence-electron chi connectivity index (χ1n) is 15.9. The van der Waals surface area contributed by atoms with Crippen molar-refractivity contribution in [3.05, 3.63) is 36.4 Å². The molecule has 2 saturated heterocycles. The lowest BCUT2D eigenvalue weighted by Crippen LogP contribution is -2.58. The Morgan fingerprint density at radius 2 is 1.07 bits per heavy atom. The Bertz CT molecular complexity index is 1280. The standard InChI is InChI=1S/C34H51B2NO4/c1-10-11-12-13-14-15-20-37-29-18-16-25(35-38-23-31(2,3)33(6,7)40-35)21-27(29)28-22-26(17-19-30(28)37)36-39-24-32(4,5)34(8,9)41-36/h16-19,21-22H,10-15,20,23-24H2,1-9H3. The number of nitrogens with zero attached hydrogens (tertiary/aromatic N) is 1. The predicted octanol–water partition coefficient (Wildman–Crippen LogP) is 7.25. The van der Waals surface area contributed by atoms with Crippen molar-refractivity contribution < 1.29 is 18.6 Å². The molecule has 2 fully saturated rings. The number of hydrogen-bond donors (Lipinski definition) is 0. The van der Waals surface area contributed by atoms with Crippen molar-refractivity contribution in [1.82, 2.24) is 4.57 Å². The van der Waals surface area contributed by atoms with Crippen molar-refractivity contribution >= 4 is 47.0 Å². The van der Waals surface area contributed by atoms with Crippen LogP contribution in [0.4, 0.5) is 0 Å². The first-order valence-corrected chi connectivity index (χ1v) is 15.9. The Morgan fingerprint density at radius 3 is 1.51 bits per heavy atom. The maximum absolute atomic E-state index is 6.55. The molecule has 0 N–H and O–H groups in total. The van der Waals surface area contributed by atoms with E-state index in [0.29, 0.717) is 13.2 Å². The summed E-state index contributed by atoms with van der Waals surface area (Å²) in [7, 11) is -0.758. The molecule has 222 valence electrons. The molecule has 2 aliphatic heterocycles. The molecule has 2 aromatic carbocycles. The summed E-state index contributed by atoms with van der Waals surface area (Å²) >= 11 is 0. The van der Waals surface area contributed by atoms with Crippen molar-refractivity contribution in [2.45, 2.75) is 119 Å². The van der Waals surface area contributed by atoms with E-state index < -0.39 is 0 Å². The van der Waals surface area contributed by atoms with Gasteiger partial charge >= 0.3 is 14.2 Å². The monoisotopic (exact) mass is 559 g/mol. The van der Waals surface area contributed by atoms with Gasteiger partial charge in [-0.05, 0) is 57.2 Å². The van der Waals surface area contributed by atoms with Gasteiger partial charge in [-0.2, -0.15) is 0 Å². The van der Waals surface area contributed by atoms with Crippen LogP contribution in [0.1, 0.15) is 101 Å². The summed E-state index contributed by atoms with van der Waals surface area (Å²) in [6.45, 7) is 22.1. The summed E-state index contributed by atoms with van der Waals surface area (Å²) < 4.78 is 28.2. The lowest BCUT2D eigenvalue weighted by atomic mass is 9.68. The van der Waals surface area contributed by atoms with Crippen LogP contribution in [0.15, 0.2) is 36.4 Å². The van der Waals surface area contributed by atoms with Crippen LogP contribution in [0.5, 0.6) is 0 Å². The largest absolute Gasteiger partial charge is 0.494 e. The van der Waals surface area contributed by atoms with E-state index in [1.807, 2.05) is 0 Å². The molecular formula is C34H51B2NO4. The first-order chi connectivity index (χ1) is 19.3. The van der Waals surface area contributed by atoms with Crippen LogP contribution in [0, 0.1) is 10.8 Å². The van der Waals surface area contributed by atoms with E-state index in [4.69, 9.17) is 18.6 Å². The van der Waals surface area contributed by atoms with Crippen molar-refractivity contribution in [3.8, 4) is 0 Å². The Labute approximate surface area is 248 Å². The molecule has 0 atom stereocenters. The summed E-state index contributed by atoms with van der Waals surface area (Å²) in [5, 5.41) is 2.46. The second-order valence-electron chi connectivity index (χ2n) is 14.8. The number of fused-ring (bicyclic) bond motifs is 3. The lowest BCUT2D eigenvalue weighted by molar-refractivity contribution is -0.0939. The maximum atomic E-state index is 6.55. The second kappa shape index (κ2) is 11.4. The van der Waals surface area contributed by atoms with Crippen LogP contribution in [-0.4, -0.2) is 43.2 Å². The van der Waals surface area contributed by atoms with E-state index >= 15 is 0 Å². The fourth-order valence-corrected chi connectivity index (χ4v) is 5.89. The van der Waals surface area contributed by atoms with Crippen LogP contribution < -0.4 is 10.9 Å². The van der Waals surface area contributed by atoms with Crippen molar-refractivity contribution in [2.24, 2.45) is 10.8 Å². The van der Waals surface area contributed by atoms with E-state index in [1.54, 1.807) is 0 Å². The van der Waals surface area contributed by atoms with E-state index in [9.17, 15) is 0 Å². The van der Waals surface area contributed by atoms with Gasteiger partial charge in [-0.1, -0.05) is 91.0 Å². The summed E-state index contributed by atoms with van der Waals surface area (Å²) in [4.78, 5) is 0. The summed E-state index contributed by atoms with van der Waals surface area (Å²) in [6, 6.07) is 13.5. The molecular weight excluding hydrogens is 508 g/mol. The van der Waals surface area contributed by atoms with Crippen LogP contribution in [0.2, 0.25) is 0 Å². The third kappa shape index (κ3) is 5.89. The Morgan fingerprint density at radius 1 is 0.634 bits per heavy atom. The third-order valence-corrected chi connectivity index (χ3v) is 10.4. The molecule has 0 spiro atoms.